The van der Waals surface area contributed by atoms with Gasteiger partial charge >= 0.3 is 0 Å². The second-order valence-corrected chi connectivity index (χ2v) is 2.29. The normalized spacial score (nSPS) is 29.6. The third-order valence-corrected chi connectivity index (χ3v) is 1.17. The summed E-state index contributed by atoms with van der Waals surface area (Å²) in [6, 6.07) is 0. The van der Waals surface area contributed by atoms with Crippen LogP contribution >= 0.6 is 0 Å². The molecule has 7 heavy (non-hydrogen) atoms. The fraction of sp³-hybridized carbons (Fsp3) is 0.800. The molecule has 41 valence electrons. The summed E-state index contributed by atoms with van der Waals surface area (Å²) in [7, 11) is 0. The van der Waals surface area contributed by atoms with Gasteiger partial charge in [-0.1, -0.05) is 6.92 Å². The van der Waals surface area contributed by atoms with Crippen LogP contribution in [0, 0.1) is 5.92 Å². The summed E-state index contributed by atoms with van der Waals surface area (Å²) in [5.41, 5.74) is 0. The Morgan fingerprint density at radius 3 is 1.86 bits per heavy atom. The first-order chi connectivity index (χ1) is 3.10. The van der Waals surface area contributed by atoms with Crippen LogP contribution in [0.25, 0.3) is 0 Å². The van der Waals surface area contributed by atoms with E-state index < -0.39 is 5.79 Å². The lowest BCUT2D eigenvalue weighted by Crippen LogP contribution is -2.40. The monoisotopic (exact) mass is 101 g/mol. The lowest BCUT2D eigenvalue weighted by atomic mass is 9.81. The average Bonchev–Trinajstić information content (AvgIpc) is 1.27. The predicted molar refractivity (Wildman–Crippen MR) is 25.3 cm³/mol. The van der Waals surface area contributed by atoms with Gasteiger partial charge in [0, 0.05) is 12.8 Å². The molecule has 1 radical (unpaired) electrons. The molecule has 2 nitrogen and oxygen atoms in total. The number of aliphatic hydroxyl groups is 2. The van der Waals surface area contributed by atoms with Crippen LogP contribution in [0.2, 0.25) is 0 Å². The molecule has 2 heteroatoms. The van der Waals surface area contributed by atoms with Gasteiger partial charge in [0.15, 0.2) is 5.79 Å². The summed E-state index contributed by atoms with van der Waals surface area (Å²) < 4.78 is 0. The molecule has 1 saturated carbocycles. The van der Waals surface area contributed by atoms with E-state index in [1.54, 1.807) is 0 Å². The molecule has 0 spiro atoms. The Balaban J connectivity index is 2.29. The van der Waals surface area contributed by atoms with E-state index in [1.165, 1.54) is 5.92 Å². The van der Waals surface area contributed by atoms with Crippen LogP contribution in [0.4, 0.5) is 0 Å². The summed E-state index contributed by atoms with van der Waals surface area (Å²) in [5, 5.41) is 17.2. The van der Waals surface area contributed by atoms with E-state index >= 15 is 0 Å². The van der Waals surface area contributed by atoms with E-state index in [9.17, 15) is 0 Å². The van der Waals surface area contributed by atoms with E-state index in [0.29, 0.717) is 12.8 Å². The lowest BCUT2D eigenvalue weighted by molar-refractivity contribution is -0.197. The largest absolute Gasteiger partial charge is 0.366 e. The standard InChI is InChI=1S/C5H9O2/c1-4-2-5(6,7)3-4/h6-7H,2-3H2,1H3. The quantitative estimate of drug-likeness (QED) is 0.423. The zero-order valence-corrected chi connectivity index (χ0v) is 4.31. The summed E-state index contributed by atoms with van der Waals surface area (Å²) in [5.74, 6) is -0.172. The van der Waals surface area contributed by atoms with Gasteiger partial charge in [-0.15, -0.1) is 0 Å². The third kappa shape index (κ3) is 0.924. The molecule has 1 aliphatic carbocycles. The fourth-order valence-corrected chi connectivity index (χ4v) is 0.915. The van der Waals surface area contributed by atoms with Crippen molar-refractivity contribution in [2.24, 2.45) is 0 Å². The number of hydrogen-bond acceptors (Lipinski definition) is 2. The van der Waals surface area contributed by atoms with Gasteiger partial charge < -0.3 is 10.2 Å². The molecule has 0 atom stereocenters. The lowest BCUT2D eigenvalue weighted by Gasteiger charge is -2.36. The molecule has 0 aromatic heterocycles. The summed E-state index contributed by atoms with van der Waals surface area (Å²) in [6.45, 7) is 1.92. The second-order valence-electron chi connectivity index (χ2n) is 2.29. The fourth-order valence-electron chi connectivity index (χ4n) is 0.915. The van der Waals surface area contributed by atoms with Crippen molar-refractivity contribution in [2.75, 3.05) is 0 Å². The van der Waals surface area contributed by atoms with Crippen LogP contribution in [0.5, 0.6) is 0 Å². The van der Waals surface area contributed by atoms with Gasteiger partial charge in [0.05, 0.1) is 0 Å². The molecule has 2 N–H and O–H groups in total. The first-order valence-electron chi connectivity index (χ1n) is 2.36. The molecule has 0 amide bonds. The Morgan fingerprint density at radius 1 is 1.43 bits per heavy atom. The second kappa shape index (κ2) is 1.20. The van der Waals surface area contributed by atoms with E-state index in [2.05, 4.69) is 0 Å². The maximum Gasteiger partial charge on any atom is 0.163 e. The maximum atomic E-state index is 8.62. The summed E-state index contributed by atoms with van der Waals surface area (Å²) >= 11 is 0. The molecule has 0 unspecified atom stereocenters. The zero-order valence-electron chi connectivity index (χ0n) is 4.31. The minimum atomic E-state index is -1.34. The van der Waals surface area contributed by atoms with Gasteiger partial charge in [-0.3, -0.25) is 0 Å². The van der Waals surface area contributed by atoms with Crippen molar-refractivity contribution in [3.8, 4) is 0 Å². The predicted octanol–water partition coefficient (Wildman–Crippen LogP) is 0.0555. The van der Waals surface area contributed by atoms with Gasteiger partial charge in [-0.2, -0.15) is 0 Å². The molecular weight excluding hydrogens is 92.1 g/mol. The van der Waals surface area contributed by atoms with Crippen LogP contribution in [0.15, 0.2) is 0 Å². The van der Waals surface area contributed by atoms with Crippen molar-refractivity contribution in [3.05, 3.63) is 5.92 Å². The Hall–Kier alpha value is -0.0800. The summed E-state index contributed by atoms with van der Waals surface area (Å²) in [6.07, 6.45) is 0.931. The SMILES string of the molecule is C[C]1CC(O)(O)C1. The van der Waals surface area contributed by atoms with Crippen LogP contribution < -0.4 is 0 Å². The van der Waals surface area contributed by atoms with Crippen molar-refractivity contribution >= 4 is 0 Å². The van der Waals surface area contributed by atoms with Gasteiger partial charge in [0.25, 0.3) is 0 Å². The molecule has 1 fully saturated rings. The van der Waals surface area contributed by atoms with E-state index in [0.717, 1.165) is 0 Å². The van der Waals surface area contributed by atoms with Crippen LogP contribution in [-0.4, -0.2) is 16.0 Å². The van der Waals surface area contributed by atoms with Gasteiger partial charge in [0.1, 0.15) is 0 Å². The van der Waals surface area contributed by atoms with E-state index in [4.69, 9.17) is 10.2 Å². The highest BCUT2D eigenvalue weighted by molar-refractivity contribution is 5.03. The Labute approximate surface area is 42.8 Å². The van der Waals surface area contributed by atoms with Crippen molar-refractivity contribution < 1.29 is 10.2 Å². The molecule has 0 aliphatic heterocycles. The van der Waals surface area contributed by atoms with Crippen molar-refractivity contribution in [3.63, 3.8) is 0 Å². The number of hydrogen-bond donors (Lipinski definition) is 2. The highest BCUT2D eigenvalue weighted by Gasteiger charge is 2.37. The molecule has 1 aliphatic rings. The van der Waals surface area contributed by atoms with Gasteiger partial charge in [0.2, 0.25) is 0 Å². The van der Waals surface area contributed by atoms with Crippen molar-refractivity contribution in [2.45, 2.75) is 25.6 Å². The first-order valence-corrected chi connectivity index (χ1v) is 2.36. The molecular formula is C5H9O2. The molecule has 0 heterocycles. The van der Waals surface area contributed by atoms with Crippen LogP contribution in [0.1, 0.15) is 19.8 Å². The van der Waals surface area contributed by atoms with Crippen molar-refractivity contribution in [1.82, 2.24) is 0 Å². The molecule has 0 bridgehead atoms. The maximum absolute atomic E-state index is 8.62. The highest BCUT2D eigenvalue weighted by atomic mass is 16.5. The summed E-state index contributed by atoms with van der Waals surface area (Å²) in [4.78, 5) is 0. The molecule has 0 saturated heterocycles. The highest BCUT2D eigenvalue weighted by Crippen LogP contribution is 2.36. The van der Waals surface area contributed by atoms with Crippen LogP contribution in [-0.2, 0) is 0 Å². The Bertz CT molecular complexity index is 70.1. The Morgan fingerprint density at radius 2 is 1.86 bits per heavy atom. The van der Waals surface area contributed by atoms with Crippen molar-refractivity contribution in [1.29, 1.82) is 0 Å². The van der Waals surface area contributed by atoms with E-state index in [1.807, 2.05) is 6.92 Å². The minimum Gasteiger partial charge on any atom is -0.366 e. The Kier molecular flexibility index (Phi) is 0.869. The number of rotatable bonds is 0. The smallest absolute Gasteiger partial charge is 0.163 e. The van der Waals surface area contributed by atoms with Crippen LogP contribution in [0.3, 0.4) is 0 Å². The molecule has 0 aromatic rings. The van der Waals surface area contributed by atoms with Gasteiger partial charge in [-0.05, 0) is 5.92 Å². The molecule has 0 aromatic carbocycles. The average molecular weight is 101 g/mol. The third-order valence-electron chi connectivity index (χ3n) is 1.17. The topological polar surface area (TPSA) is 40.5 Å². The first kappa shape index (κ1) is 5.06. The zero-order chi connectivity index (χ0) is 5.49. The van der Waals surface area contributed by atoms with Gasteiger partial charge in [-0.25, -0.2) is 0 Å². The molecule has 1 rings (SSSR count). The van der Waals surface area contributed by atoms with E-state index in [-0.39, 0.29) is 0 Å². The minimum absolute atomic E-state index is 0.465.